The Hall–Kier alpha value is -9.32. The lowest BCUT2D eigenvalue weighted by molar-refractivity contribution is 0.574. The molecule has 2 nitrogen and oxygen atoms in total. The van der Waals surface area contributed by atoms with Gasteiger partial charge in [-0.15, -0.1) is 22.7 Å². The highest BCUT2D eigenvalue weighted by atomic mass is 32.1. The molecule has 0 saturated heterocycles. The summed E-state index contributed by atoms with van der Waals surface area (Å²) in [6, 6.07) is 59.7. The molecule has 0 N–H and O–H groups in total. The molecule has 474 valence electrons. The first-order chi connectivity index (χ1) is 50.4. The number of hydrogen-bond acceptors (Lipinski definition) is 4. The summed E-state index contributed by atoms with van der Waals surface area (Å²) >= 11 is 3.64. The smallest absolute Gasteiger partial charge is 0.139 e. The van der Waals surface area contributed by atoms with Gasteiger partial charge in [-0.3, -0.25) is 0 Å². The molecular formula is C91H86O2S2. The fourth-order valence-electron chi connectivity index (χ4n) is 13.5. The number of hydrogen-bond donors (Lipinski definition) is 0. The largest absolute Gasteiger partial charge is 0.456 e. The molecule has 0 aliphatic rings. The lowest BCUT2D eigenvalue weighted by Crippen LogP contribution is -2.13. The minimum Gasteiger partial charge on any atom is -0.456 e. The van der Waals surface area contributed by atoms with Crippen LogP contribution in [0.3, 0.4) is 0 Å². The molecule has 0 fully saturated rings. The van der Waals surface area contributed by atoms with Crippen molar-refractivity contribution in [3.63, 3.8) is 0 Å². The third-order valence-corrected chi connectivity index (χ3v) is 19.7. The van der Waals surface area contributed by atoms with E-state index in [0.717, 1.165) is 77.3 Å². The van der Waals surface area contributed by atoms with Crippen LogP contribution in [0, 0.1) is 20.8 Å². The van der Waals surface area contributed by atoms with E-state index < -0.39 is 0 Å². The predicted octanol–water partition coefficient (Wildman–Crippen LogP) is 28.1. The van der Waals surface area contributed by atoms with E-state index in [1.807, 2.05) is 102 Å². The van der Waals surface area contributed by atoms with E-state index >= 15 is 0 Å². The van der Waals surface area contributed by atoms with Crippen molar-refractivity contribution in [3.8, 4) is 44.5 Å². The molecule has 16 rings (SSSR count). The Morgan fingerprint density at radius 2 is 0.716 bits per heavy atom. The molecule has 0 aliphatic heterocycles. The van der Waals surface area contributed by atoms with Crippen LogP contribution in [0.25, 0.3) is 129 Å². The molecule has 0 unspecified atom stereocenters. The van der Waals surface area contributed by atoms with Crippen molar-refractivity contribution in [2.75, 3.05) is 0 Å². The Morgan fingerprint density at radius 3 is 1.28 bits per heavy atom. The van der Waals surface area contributed by atoms with E-state index in [1.165, 1.54) is 57.0 Å². The third-order valence-electron chi connectivity index (χ3n) is 17.3. The van der Waals surface area contributed by atoms with Gasteiger partial charge in [-0.1, -0.05) is 306 Å². The maximum atomic E-state index is 8.61. The first-order valence-corrected chi connectivity index (χ1v) is 34.1. The molecule has 0 atom stereocenters. The van der Waals surface area contributed by atoms with Gasteiger partial charge in [0.05, 0.1) is 16.4 Å². The van der Waals surface area contributed by atoms with Crippen LogP contribution in [0.2, 0.25) is 0 Å². The average molecular weight is 1290 g/mol. The van der Waals surface area contributed by atoms with Crippen molar-refractivity contribution in [2.24, 2.45) is 0 Å². The van der Waals surface area contributed by atoms with Crippen LogP contribution >= 0.6 is 22.7 Å². The van der Waals surface area contributed by atoms with Gasteiger partial charge in [-0.2, -0.15) is 0 Å². The van der Waals surface area contributed by atoms with E-state index in [2.05, 4.69) is 168 Å². The van der Waals surface area contributed by atoms with Crippen molar-refractivity contribution in [2.45, 2.75) is 126 Å². The van der Waals surface area contributed by atoms with Crippen LogP contribution in [-0.4, -0.2) is 0 Å². The fraction of sp³-hybridized carbons (Fsp3) is 0.209. The number of para-hydroxylation sites is 2. The van der Waals surface area contributed by atoms with Crippen molar-refractivity contribution in [3.05, 3.63) is 287 Å². The van der Waals surface area contributed by atoms with E-state index in [1.54, 1.807) is 32.1 Å². The highest BCUT2D eigenvalue weighted by Gasteiger charge is 2.29. The van der Waals surface area contributed by atoms with Gasteiger partial charge in [0.25, 0.3) is 0 Å². The topological polar surface area (TPSA) is 26.3 Å². The Morgan fingerprint density at radius 1 is 0.295 bits per heavy atom. The van der Waals surface area contributed by atoms with Crippen LogP contribution < -0.4 is 0 Å². The van der Waals surface area contributed by atoms with Gasteiger partial charge in [0, 0.05) is 67.5 Å². The summed E-state index contributed by atoms with van der Waals surface area (Å²) in [5.41, 5.74) is 14.4. The third kappa shape index (κ3) is 12.8. The molecule has 0 spiro atoms. The maximum absolute atomic E-state index is 8.61. The van der Waals surface area contributed by atoms with Gasteiger partial charge in [0.2, 0.25) is 0 Å². The number of rotatable bonds is 4. The summed E-state index contributed by atoms with van der Waals surface area (Å²) in [5.74, 6) is 0. The van der Waals surface area contributed by atoms with Gasteiger partial charge in [-0.25, -0.2) is 0 Å². The normalized spacial score (nSPS) is 13.9. The molecule has 4 heterocycles. The Kier molecular flexibility index (Phi) is 13.7. The first kappa shape index (κ1) is 51.1. The summed E-state index contributed by atoms with van der Waals surface area (Å²) in [4.78, 5) is 0. The summed E-state index contributed by atoms with van der Waals surface area (Å²) in [6.07, 6.45) is 0. The fourth-order valence-corrected chi connectivity index (χ4v) is 16.0. The first-order valence-electron chi connectivity index (χ1n) is 38.5. The Balaban J connectivity index is 0.000000126. The zero-order valence-corrected chi connectivity index (χ0v) is 58.5. The van der Waals surface area contributed by atoms with Crippen molar-refractivity contribution in [1.29, 1.82) is 0 Å². The van der Waals surface area contributed by atoms with Crippen LogP contribution in [0.4, 0.5) is 0 Å². The molecule has 95 heavy (non-hydrogen) atoms. The standard InChI is InChI=1S/2C23H22O.C23H22S.C22H20S/c1-15-8-7-9-16(14-15)17-12-13-19-18-10-5-6-11-20(18)24-22(19)21(17)23(2,3)4;1-15-8-7-9-16(14-15)17-12-13-20-21(22(17)23(2,3)4)18-10-5-6-11-19(18)24-20;1-15-8-7-9-16(14-15)17-12-13-19-18-10-5-6-11-20(18)24-22(19)21(17)23(2,3)4;1-22(2,3)21-16(15-9-5-4-6-10-15)13-14-19-20(21)17-11-7-8-12-18(17)23-19/h3*5-14H,1-4H3;4-14H,1-3H3/i3*7D,8D,9D,14D;. The van der Waals surface area contributed by atoms with E-state index in [4.69, 9.17) is 25.3 Å². The van der Waals surface area contributed by atoms with E-state index in [9.17, 15) is 0 Å². The number of furan rings is 2. The lowest BCUT2D eigenvalue weighted by Gasteiger charge is -2.25. The molecule has 0 saturated carbocycles. The van der Waals surface area contributed by atoms with Crippen LogP contribution in [0.1, 0.15) is 138 Å². The SMILES string of the molecule is CC(C)(C)c1c(-c2ccccc2)ccc2sc3ccccc3c12.[2H]c1c([2H])c(C)c([2H])c(-c2ccc3c(oc4ccccc43)c2C(C)(C)C)c1[2H].[2H]c1c([2H])c(C)c([2H])c(-c2ccc3c(sc4ccccc43)c2C(C)(C)C)c1[2H].[2H]c1c([2H])c(C)c([2H])c(-c2ccc3oc4ccccc4c3c2C(C)(C)C)c1[2H]. The van der Waals surface area contributed by atoms with Gasteiger partial charge in [0.1, 0.15) is 22.3 Å². The van der Waals surface area contributed by atoms with Crippen LogP contribution in [0.15, 0.2) is 257 Å². The summed E-state index contributed by atoms with van der Waals surface area (Å²) < 4.78 is 117. The Labute approximate surface area is 586 Å². The van der Waals surface area contributed by atoms with Gasteiger partial charge in [0.15, 0.2) is 0 Å². The van der Waals surface area contributed by atoms with Gasteiger partial charge in [-0.05, 0) is 146 Å². The zero-order valence-electron chi connectivity index (χ0n) is 68.9. The zero-order chi connectivity index (χ0) is 77.2. The molecule has 0 aliphatic carbocycles. The second-order valence-corrected chi connectivity index (χ2v) is 30.8. The number of benzene rings is 12. The quantitative estimate of drug-likeness (QED) is 0.176. The second kappa shape index (κ2) is 25.4. The molecule has 0 bridgehead atoms. The molecule has 12 aromatic carbocycles. The molecule has 4 aromatic heterocycles. The van der Waals surface area contributed by atoms with Crippen molar-refractivity contribution < 1.29 is 25.3 Å². The highest BCUT2D eigenvalue weighted by Crippen LogP contribution is 2.49. The summed E-state index contributed by atoms with van der Waals surface area (Å²) in [7, 11) is 0. The Bertz CT molecular complexity index is 5950. The monoisotopic (exact) mass is 1290 g/mol. The van der Waals surface area contributed by atoms with Crippen molar-refractivity contribution >= 4 is 107 Å². The highest BCUT2D eigenvalue weighted by molar-refractivity contribution is 7.26. The van der Waals surface area contributed by atoms with Gasteiger partial charge < -0.3 is 8.83 Å². The molecule has 0 radical (unpaired) electrons. The van der Waals surface area contributed by atoms with E-state index in [-0.39, 0.29) is 94.2 Å². The van der Waals surface area contributed by atoms with E-state index in [0.29, 0.717) is 33.4 Å². The van der Waals surface area contributed by atoms with Crippen LogP contribution in [-0.2, 0) is 21.7 Å². The summed E-state index contributed by atoms with van der Waals surface area (Å²) in [5, 5.41) is 9.24. The second-order valence-electron chi connectivity index (χ2n) is 28.7. The number of thiophene rings is 2. The van der Waals surface area contributed by atoms with Crippen molar-refractivity contribution in [1.82, 2.24) is 0 Å². The molecular weight excluding hydrogens is 1190 g/mol. The molecule has 0 amide bonds. The molecule has 16 aromatic rings. The lowest BCUT2D eigenvalue weighted by atomic mass is 9.79. The average Bonchev–Trinajstić information content (AvgIpc) is 1.70. The minimum absolute atomic E-state index is 0.0287. The summed E-state index contributed by atoms with van der Waals surface area (Å²) in [6.45, 7) is 31.0. The van der Waals surface area contributed by atoms with Crippen LogP contribution in [0.5, 0.6) is 0 Å². The maximum Gasteiger partial charge on any atom is 0.139 e. The van der Waals surface area contributed by atoms with Gasteiger partial charge >= 0.3 is 0 Å². The minimum atomic E-state index is -0.308. The number of fused-ring (bicyclic) bond motifs is 12. The predicted molar refractivity (Wildman–Crippen MR) is 417 cm³/mol. The molecule has 4 heteroatoms.